The van der Waals surface area contributed by atoms with E-state index in [1.807, 2.05) is 4.98 Å². The molecule has 1 aliphatic rings. The summed E-state index contributed by atoms with van der Waals surface area (Å²) in [5.41, 5.74) is -1.56. The normalized spacial score (nSPS) is 29.0. The van der Waals surface area contributed by atoms with E-state index in [-0.39, 0.29) is 5.56 Å². The van der Waals surface area contributed by atoms with Gasteiger partial charge in [-0.1, -0.05) is 0 Å². The van der Waals surface area contributed by atoms with Crippen LogP contribution in [0.1, 0.15) is 11.7 Å². The number of nitrogens with one attached hydrogen (secondary N) is 1. The number of aromatic amines is 1. The maximum absolute atomic E-state index is 11.8. The number of hydrogen-bond donors (Lipinski definition) is 5. The third-order valence-corrected chi connectivity index (χ3v) is 3.70. The van der Waals surface area contributed by atoms with E-state index < -0.39 is 50.1 Å². The number of aliphatic hydroxyl groups excluding tert-OH is 2. The average molecular weight is 338 g/mol. The third kappa shape index (κ3) is 3.52. The average Bonchev–Trinajstić information content (AvgIpc) is 2.68. The van der Waals surface area contributed by atoms with E-state index in [9.17, 15) is 24.4 Å². The number of rotatable bonds is 4. The summed E-state index contributed by atoms with van der Waals surface area (Å²) in [5, 5.41) is 19.7. The lowest BCUT2D eigenvalue weighted by Gasteiger charge is -2.14. The predicted octanol–water partition coefficient (Wildman–Crippen LogP) is -2.66. The van der Waals surface area contributed by atoms with Gasteiger partial charge in [-0.05, 0) is 0 Å². The first-order valence-electron chi connectivity index (χ1n) is 6.11. The van der Waals surface area contributed by atoms with E-state index >= 15 is 0 Å². The predicted molar refractivity (Wildman–Crippen MR) is 69.9 cm³/mol. The van der Waals surface area contributed by atoms with Crippen molar-refractivity contribution in [1.29, 1.82) is 0 Å². The van der Waals surface area contributed by atoms with Crippen LogP contribution in [0, 0.1) is 0 Å². The second-order valence-corrected chi connectivity index (χ2v) is 6.06. The minimum Gasteiger partial charge on any atom is -0.387 e. The molecule has 2 heterocycles. The van der Waals surface area contributed by atoms with Crippen molar-refractivity contribution in [2.45, 2.75) is 24.4 Å². The zero-order valence-electron chi connectivity index (χ0n) is 11.3. The Hall–Kier alpha value is -1.33. The molecule has 0 aliphatic carbocycles. The van der Waals surface area contributed by atoms with Crippen LogP contribution in [-0.4, -0.2) is 54.5 Å². The molecular weight excluding hydrogens is 323 g/mol. The molecule has 0 saturated carbocycles. The van der Waals surface area contributed by atoms with Crippen molar-refractivity contribution in [1.82, 2.24) is 9.55 Å². The van der Waals surface area contributed by atoms with E-state index in [2.05, 4.69) is 4.52 Å². The fraction of sp³-hybridized carbons (Fsp3) is 0.600. The van der Waals surface area contributed by atoms with Gasteiger partial charge in [-0.2, -0.15) is 0 Å². The maximum atomic E-state index is 11.8. The summed E-state index contributed by atoms with van der Waals surface area (Å²) in [4.78, 5) is 42.3. The molecule has 1 aromatic heterocycles. The Morgan fingerprint density at radius 1 is 1.36 bits per heavy atom. The Bertz CT molecular complexity index is 707. The topological polar surface area (TPSA) is 171 Å². The number of phosphoric ester groups is 1. The second-order valence-electron chi connectivity index (χ2n) is 4.82. The minimum atomic E-state index is -4.77. The van der Waals surface area contributed by atoms with Gasteiger partial charge in [-0.3, -0.25) is 14.3 Å². The Morgan fingerprint density at radius 3 is 2.59 bits per heavy atom. The molecule has 1 aliphatic heterocycles. The van der Waals surface area contributed by atoms with Crippen molar-refractivity contribution in [2.75, 3.05) is 6.61 Å². The van der Waals surface area contributed by atoms with Crippen molar-refractivity contribution >= 4 is 7.82 Å². The van der Waals surface area contributed by atoms with Gasteiger partial charge in [0.15, 0.2) is 0 Å². The molecule has 0 aromatic carbocycles. The molecule has 12 heteroatoms. The summed E-state index contributed by atoms with van der Waals surface area (Å²) in [5.74, 6) is 0. The Kier molecular flexibility index (Phi) is 4.68. The van der Waals surface area contributed by atoms with Crippen LogP contribution in [0.4, 0.5) is 0 Å². The number of H-pyrrole nitrogens is 1. The lowest BCUT2D eigenvalue weighted by molar-refractivity contribution is -0.0229. The van der Waals surface area contributed by atoms with Crippen molar-refractivity contribution in [2.24, 2.45) is 7.05 Å². The third-order valence-electron chi connectivity index (χ3n) is 3.21. The van der Waals surface area contributed by atoms with Gasteiger partial charge in [0.1, 0.15) is 24.4 Å². The zero-order chi connectivity index (χ0) is 16.7. The number of ether oxygens (including phenoxy) is 1. The number of phosphoric acid groups is 1. The first-order valence-corrected chi connectivity index (χ1v) is 7.64. The van der Waals surface area contributed by atoms with Crippen LogP contribution in [0.25, 0.3) is 0 Å². The molecule has 22 heavy (non-hydrogen) atoms. The second kappa shape index (κ2) is 6.05. The quantitative estimate of drug-likeness (QED) is 0.367. The molecule has 1 aromatic rings. The highest BCUT2D eigenvalue weighted by Crippen LogP contribution is 2.38. The lowest BCUT2D eigenvalue weighted by atomic mass is 10.0. The van der Waals surface area contributed by atoms with Gasteiger partial charge in [0.2, 0.25) is 0 Å². The van der Waals surface area contributed by atoms with Gasteiger partial charge < -0.3 is 29.3 Å². The molecule has 0 radical (unpaired) electrons. The Labute approximate surface area is 123 Å². The fourth-order valence-electron chi connectivity index (χ4n) is 2.10. The van der Waals surface area contributed by atoms with Gasteiger partial charge in [0.05, 0.1) is 12.2 Å². The van der Waals surface area contributed by atoms with E-state index in [4.69, 9.17) is 14.5 Å². The molecule has 124 valence electrons. The summed E-state index contributed by atoms with van der Waals surface area (Å²) in [7, 11) is -3.40. The highest BCUT2D eigenvalue weighted by molar-refractivity contribution is 7.46. The maximum Gasteiger partial charge on any atom is 0.469 e. The fourth-order valence-corrected chi connectivity index (χ4v) is 2.44. The standard InChI is InChI=1S/C10H15N2O9P/c1-12-2-4(9(15)11-10(12)16)8-7(14)6(13)5(21-8)3-20-22(17,18)19/h2,5-8,13-14H,3H2,1H3,(H,11,15,16)(H2,17,18,19)/t5-,6?,7?,8+/m1/s1. The largest absolute Gasteiger partial charge is 0.469 e. The smallest absolute Gasteiger partial charge is 0.387 e. The molecule has 0 amide bonds. The van der Waals surface area contributed by atoms with Crippen LogP contribution in [0.3, 0.4) is 0 Å². The van der Waals surface area contributed by atoms with Crippen LogP contribution in [0.2, 0.25) is 0 Å². The lowest BCUT2D eigenvalue weighted by Crippen LogP contribution is -2.35. The zero-order valence-corrected chi connectivity index (χ0v) is 12.2. The van der Waals surface area contributed by atoms with Crippen LogP contribution in [0.15, 0.2) is 15.8 Å². The number of hydrogen-bond acceptors (Lipinski definition) is 7. The highest BCUT2D eigenvalue weighted by atomic mass is 31.2. The van der Waals surface area contributed by atoms with Crippen LogP contribution in [-0.2, 0) is 20.9 Å². The summed E-state index contributed by atoms with van der Waals surface area (Å²) in [6.45, 7) is -0.678. The van der Waals surface area contributed by atoms with Crippen molar-refractivity contribution in [3.05, 3.63) is 32.6 Å². The Morgan fingerprint density at radius 2 is 2.00 bits per heavy atom. The van der Waals surface area contributed by atoms with E-state index in [1.54, 1.807) is 0 Å². The van der Waals surface area contributed by atoms with Gasteiger partial charge in [0.25, 0.3) is 5.56 Å². The number of aromatic nitrogens is 2. The molecule has 1 fully saturated rings. The molecule has 2 rings (SSSR count). The summed E-state index contributed by atoms with van der Waals surface area (Å²) >= 11 is 0. The Balaban J connectivity index is 2.23. The number of aliphatic hydroxyl groups is 2. The van der Waals surface area contributed by atoms with E-state index in [0.29, 0.717) is 0 Å². The summed E-state index contributed by atoms with van der Waals surface area (Å²) in [6, 6.07) is 0. The van der Waals surface area contributed by atoms with E-state index in [1.165, 1.54) is 7.05 Å². The minimum absolute atomic E-state index is 0.104. The van der Waals surface area contributed by atoms with Gasteiger partial charge in [-0.15, -0.1) is 0 Å². The van der Waals surface area contributed by atoms with Crippen molar-refractivity contribution < 1.29 is 33.8 Å². The summed E-state index contributed by atoms with van der Waals surface area (Å²) in [6.07, 6.45) is -4.41. The van der Waals surface area contributed by atoms with Gasteiger partial charge in [0, 0.05) is 13.2 Å². The first kappa shape index (κ1) is 17.0. The summed E-state index contributed by atoms with van der Waals surface area (Å²) < 4.78 is 21.2. The number of aryl methyl sites for hydroxylation is 1. The van der Waals surface area contributed by atoms with Crippen molar-refractivity contribution in [3.8, 4) is 0 Å². The SMILES string of the molecule is Cn1cc([C@@H]2O[C@H](COP(=O)(O)O)C(O)C2O)c(=O)[nH]c1=O. The molecule has 5 N–H and O–H groups in total. The molecule has 4 atom stereocenters. The molecular formula is C10H15N2O9P. The highest BCUT2D eigenvalue weighted by Gasteiger charge is 2.45. The van der Waals surface area contributed by atoms with Crippen LogP contribution < -0.4 is 11.2 Å². The van der Waals surface area contributed by atoms with Crippen LogP contribution in [0.5, 0.6) is 0 Å². The van der Waals surface area contributed by atoms with Crippen LogP contribution >= 0.6 is 7.82 Å². The monoisotopic (exact) mass is 338 g/mol. The molecule has 2 unspecified atom stereocenters. The molecule has 0 spiro atoms. The van der Waals surface area contributed by atoms with Gasteiger partial charge >= 0.3 is 13.5 Å². The molecule has 1 saturated heterocycles. The van der Waals surface area contributed by atoms with Crippen molar-refractivity contribution in [3.63, 3.8) is 0 Å². The molecule has 11 nitrogen and oxygen atoms in total. The number of nitrogens with zero attached hydrogens (tertiary/aromatic N) is 1. The van der Waals surface area contributed by atoms with Gasteiger partial charge in [-0.25, -0.2) is 9.36 Å². The molecule has 0 bridgehead atoms. The first-order chi connectivity index (χ1) is 10.1. The van der Waals surface area contributed by atoms with E-state index in [0.717, 1.165) is 10.8 Å².